The van der Waals surface area contributed by atoms with Crippen LogP contribution in [0.25, 0.3) is 0 Å². The van der Waals surface area contributed by atoms with Gasteiger partial charge in [0.15, 0.2) is 0 Å². The summed E-state index contributed by atoms with van der Waals surface area (Å²) in [5, 5.41) is 3.01. The fourth-order valence-corrected chi connectivity index (χ4v) is 2.55. The summed E-state index contributed by atoms with van der Waals surface area (Å²) in [6.45, 7) is 0.978. The first kappa shape index (κ1) is 19.7. The van der Waals surface area contributed by atoms with E-state index in [-0.39, 0.29) is 13.0 Å². The van der Waals surface area contributed by atoms with Crippen LogP contribution in [0.4, 0.5) is 20.2 Å². The van der Waals surface area contributed by atoms with Gasteiger partial charge in [-0.15, -0.1) is 0 Å². The monoisotopic (exact) mass is 382 g/mol. The molecule has 0 spiro atoms. The number of nitrogens with zero attached hydrogens (tertiary/aromatic N) is 1. The molecule has 5 nitrogen and oxygen atoms in total. The standard InChI is InChI=1S/C18H17ClF2N2O3/c1-11(24)23(18-13(20)4-3-5-14(18)21)9-8-17(25)22-15-10-12(19)6-7-16(15)26-2/h3-7,10H,8-9H2,1-2H3,(H,22,25). The van der Waals surface area contributed by atoms with Crippen molar-refractivity contribution in [3.05, 3.63) is 53.1 Å². The molecule has 0 aliphatic heterocycles. The molecule has 8 heteroatoms. The van der Waals surface area contributed by atoms with Gasteiger partial charge in [0.1, 0.15) is 23.1 Å². The smallest absolute Gasteiger partial charge is 0.226 e. The van der Waals surface area contributed by atoms with Gasteiger partial charge in [0, 0.05) is 24.9 Å². The lowest BCUT2D eigenvalue weighted by Crippen LogP contribution is -2.33. The molecule has 2 amide bonds. The summed E-state index contributed by atoms with van der Waals surface area (Å²) in [6.07, 6.45) is -0.178. The summed E-state index contributed by atoms with van der Waals surface area (Å²) in [6, 6.07) is 8.00. The lowest BCUT2D eigenvalue weighted by Gasteiger charge is -2.22. The van der Waals surface area contributed by atoms with Gasteiger partial charge < -0.3 is 15.0 Å². The molecule has 0 heterocycles. The number of rotatable bonds is 6. The molecular weight excluding hydrogens is 366 g/mol. The summed E-state index contributed by atoms with van der Waals surface area (Å²) < 4.78 is 32.9. The number of benzene rings is 2. The summed E-state index contributed by atoms with van der Waals surface area (Å²) in [7, 11) is 1.44. The first-order valence-corrected chi connectivity index (χ1v) is 8.06. The average Bonchev–Trinajstić information content (AvgIpc) is 2.57. The molecule has 0 aromatic heterocycles. The molecule has 26 heavy (non-hydrogen) atoms. The second kappa shape index (κ2) is 8.62. The highest BCUT2D eigenvalue weighted by molar-refractivity contribution is 6.31. The van der Waals surface area contributed by atoms with Crippen LogP contribution in [-0.2, 0) is 9.59 Å². The van der Waals surface area contributed by atoms with E-state index in [4.69, 9.17) is 16.3 Å². The Morgan fingerprint density at radius 3 is 2.42 bits per heavy atom. The summed E-state index contributed by atoms with van der Waals surface area (Å²) in [5.41, 5.74) is -0.121. The van der Waals surface area contributed by atoms with Gasteiger partial charge in [-0.05, 0) is 30.3 Å². The topological polar surface area (TPSA) is 58.6 Å². The molecule has 0 saturated carbocycles. The Morgan fingerprint density at radius 2 is 1.85 bits per heavy atom. The molecule has 2 rings (SSSR count). The maximum atomic E-state index is 13.9. The molecule has 2 aromatic rings. The van der Waals surface area contributed by atoms with E-state index in [1.807, 2.05) is 0 Å². The van der Waals surface area contributed by atoms with Crippen LogP contribution >= 0.6 is 11.6 Å². The number of nitrogens with one attached hydrogen (secondary N) is 1. The molecule has 0 bridgehead atoms. The number of halogens is 3. The van der Waals surface area contributed by atoms with E-state index < -0.39 is 29.1 Å². The van der Waals surface area contributed by atoms with Crippen LogP contribution in [0.5, 0.6) is 5.75 Å². The van der Waals surface area contributed by atoms with E-state index >= 15 is 0 Å². The van der Waals surface area contributed by atoms with E-state index in [0.717, 1.165) is 17.0 Å². The Kier molecular flexibility index (Phi) is 6.52. The Labute approximate surface area is 154 Å². The van der Waals surface area contributed by atoms with E-state index in [1.54, 1.807) is 12.1 Å². The summed E-state index contributed by atoms with van der Waals surface area (Å²) in [5.74, 6) is -2.39. The second-order valence-electron chi connectivity index (χ2n) is 5.38. The van der Waals surface area contributed by atoms with Crippen molar-refractivity contribution in [1.82, 2.24) is 0 Å². The number of methoxy groups -OCH3 is 1. The van der Waals surface area contributed by atoms with Crippen LogP contribution in [0.1, 0.15) is 13.3 Å². The number of para-hydroxylation sites is 1. The zero-order chi connectivity index (χ0) is 19.3. The summed E-state index contributed by atoms with van der Waals surface area (Å²) in [4.78, 5) is 24.9. The molecule has 0 unspecified atom stereocenters. The van der Waals surface area contributed by atoms with Gasteiger partial charge in [-0.3, -0.25) is 9.59 Å². The Bertz CT molecular complexity index is 810. The molecule has 138 valence electrons. The van der Waals surface area contributed by atoms with Gasteiger partial charge in [0.05, 0.1) is 12.8 Å². The molecule has 0 atom stereocenters. The number of hydrogen-bond acceptors (Lipinski definition) is 3. The zero-order valence-electron chi connectivity index (χ0n) is 14.2. The minimum atomic E-state index is -0.878. The van der Waals surface area contributed by atoms with Gasteiger partial charge in [-0.1, -0.05) is 17.7 Å². The first-order valence-electron chi connectivity index (χ1n) is 7.69. The summed E-state index contributed by atoms with van der Waals surface area (Å²) >= 11 is 5.90. The minimum absolute atomic E-state index is 0.178. The Morgan fingerprint density at radius 1 is 1.19 bits per heavy atom. The Balaban J connectivity index is 2.12. The fourth-order valence-electron chi connectivity index (χ4n) is 2.38. The normalized spacial score (nSPS) is 10.3. The van der Waals surface area contributed by atoms with Crippen LogP contribution in [0, 0.1) is 11.6 Å². The molecule has 0 saturated heterocycles. The SMILES string of the molecule is COc1ccc(Cl)cc1NC(=O)CCN(C(C)=O)c1c(F)cccc1F. The quantitative estimate of drug-likeness (QED) is 0.821. The highest BCUT2D eigenvalue weighted by atomic mass is 35.5. The van der Waals surface area contributed by atoms with Crippen LogP contribution in [0.3, 0.4) is 0 Å². The lowest BCUT2D eigenvalue weighted by atomic mass is 10.2. The first-order chi connectivity index (χ1) is 12.3. The number of amides is 2. The van der Waals surface area contributed by atoms with Gasteiger partial charge in [0.2, 0.25) is 11.8 Å². The average molecular weight is 383 g/mol. The maximum absolute atomic E-state index is 13.9. The predicted molar refractivity (Wildman–Crippen MR) is 95.6 cm³/mol. The van der Waals surface area contributed by atoms with Gasteiger partial charge in [-0.2, -0.15) is 0 Å². The largest absolute Gasteiger partial charge is 0.495 e. The van der Waals surface area contributed by atoms with Crippen molar-refractivity contribution < 1.29 is 23.1 Å². The van der Waals surface area contributed by atoms with Crippen molar-refractivity contribution in [3.8, 4) is 5.75 Å². The van der Waals surface area contributed by atoms with E-state index in [0.29, 0.717) is 16.5 Å². The van der Waals surface area contributed by atoms with Gasteiger partial charge in [-0.25, -0.2) is 8.78 Å². The van der Waals surface area contributed by atoms with Gasteiger partial charge >= 0.3 is 0 Å². The number of hydrogen-bond donors (Lipinski definition) is 1. The van der Waals surface area contributed by atoms with Crippen LogP contribution < -0.4 is 15.0 Å². The van der Waals surface area contributed by atoms with E-state index in [1.165, 1.54) is 26.2 Å². The van der Waals surface area contributed by atoms with Crippen molar-refractivity contribution in [2.45, 2.75) is 13.3 Å². The lowest BCUT2D eigenvalue weighted by molar-refractivity contribution is -0.117. The third-order valence-electron chi connectivity index (χ3n) is 3.59. The second-order valence-corrected chi connectivity index (χ2v) is 5.82. The molecule has 0 fully saturated rings. The molecular formula is C18H17ClF2N2O3. The van der Waals surface area contributed by atoms with Crippen molar-refractivity contribution in [1.29, 1.82) is 0 Å². The van der Waals surface area contributed by atoms with E-state index in [2.05, 4.69) is 5.32 Å². The molecule has 1 N–H and O–H groups in total. The van der Waals surface area contributed by atoms with Crippen molar-refractivity contribution in [2.75, 3.05) is 23.9 Å². The van der Waals surface area contributed by atoms with Crippen molar-refractivity contribution >= 4 is 34.8 Å². The highest BCUT2D eigenvalue weighted by Gasteiger charge is 2.21. The number of carbonyl (C=O) groups excluding carboxylic acids is 2. The van der Waals surface area contributed by atoms with Crippen LogP contribution in [0.15, 0.2) is 36.4 Å². The van der Waals surface area contributed by atoms with Crippen LogP contribution in [-0.4, -0.2) is 25.5 Å². The Hall–Kier alpha value is -2.67. The highest BCUT2D eigenvalue weighted by Crippen LogP contribution is 2.28. The minimum Gasteiger partial charge on any atom is -0.495 e. The van der Waals surface area contributed by atoms with Crippen molar-refractivity contribution in [2.24, 2.45) is 0 Å². The molecule has 0 aliphatic rings. The fraction of sp³-hybridized carbons (Fsp3) is 0.222. The van der Waals surface area contributed by atoms with Crippen LogP contribution in [0.2, 0.25) is 5.02 Å². The third kappa shape index (κ3) is 4.70. The number of anilines is 2. The zero-order valence-corrected chi connectivity index (χ0v) is 14.9. The maximum Gasteiger partial charge on any atom is 0.226 e. The molecule has 2 aromatic carbocycles. The molecule has 0 aliphatic carbocycles. The number of carbonyl (C=O) groups is 2. The third-order valence-corrected chi connectivity index (χ3v) is 3.82. The van der Waals surface area contributed by atoms with Gasteiger partial charge in [0.25, 0.3) is 0 Å². The predicted octanol–water partition coefficient (Wildman–Crippen LogP) is 4.01. The van der Waals surface area contributed by atoms with Crippen molar-refractivity contribution in [3.63, 3.8) is 0 Å². The number of ether oxygens (including phenoxy) is 1. The molecule has 0 radical (unpaired) electrons. The van der Waals surface area contributed by atoms with E-state index in [9.17, 15) is 18.4 Å².